The summed E-state index contributed by atoms with van der Waals surface area (Å²) in [5.41, 5.74) is -0.312. The predicted octanol–water partition coefficient (Wildman–Crippen LogP) is 1.30. The molecule has 2 heterocycles. The number of aliphatic hydroxyl groups is 1. The Morgan fingerprint density at radius 1 is 0.960 bits per heavy atom. The van der Waals surface area contributed by atoms with Crippen molar-refractivity contribution in [3.05, 3.63) is 59.4 Å². The smallest absolute Gasteiger partial charge is 0.335 e. The van der Waals surface area contributed by atoms with Crippen molar-refractivity contribution in [1.29, 1.82) is 0 Å². The molecule has 1 fully saturated rings. The van der Waals surface area contributed by atoms with Crippen molar-refractivity contribution >= 4 is 17.7 Å². The van der Waals surface area contributed by atoms with Gasteiger partial charge in [-0.05, 0) is 18.2 Å². The number of nitrogens with one attached hydrogen (secondary N) is 1. The van der Waals surface area contributed by atoms with Crippen LogP contribution in [0.3, 0.4) is 0 Å². The van der Waals surface area contributed by atoms with Crippen molar-refractivity contribution in [2.75, 3.05) is 13.1 Å². The van der Waals surface area contributed by atoms with Gasteiger partial charge in [-0.2, -0.15) is 0 Å². The molecule has 3 rings (SSSR count). The number of carbonyl (C=O) groups is 3. The number of amides is 1. The second-order valence-corrected chi connectivity index (χ2v) is 6.14. The van der Waals surface area contributed by atoms with Crippen molar-refractivity contribution < 1.29 is 24.6 Å². The standard InChI is InChI=1S/C18H18N2O5/c21-15(14-5-8-19-11-14)12-1-3-13(4-2-12)16(22)20-9-6-18(25,7-10-20)17(23)24/h1-5,8,11,19,25H,6-7,9-10H2,(H,23,24). The monoisotopic (exact) mass is 342 g/mol. The molecule has 0 aliphatic carbocycles. The van der Waals surface area contributed by atoms with E-state index in [0.29, 0.717) is 16.7 Å². The van der Waals surface area contributed by atoms with E-state index < -0.39 is 11.6 Å². The first-order valence-electron chi connectivity index (χ1n) is 7.93. The van der Waals surface area contributed by atoms with Gasteiger partial charge in [0.2, 0.25) is 0 Å². The number of hydrogen-bond acceptors (Lipinski definition) is 4. The number of aromatic nitrogens is 1. The second kappa shape index (κ2) is 6.52. The average Bonchev–Trinajstić information content (AvgIpc) is 3.16. The molecule has 1 saturated heterocycles. The highest BCUT2D eigenvalue weighted by Crippen LogP contribution is 2.23. The summed E-state index contributed by atoms with van der Waals surface area (Å²) < 4.78 is 0. The number of carboxylic acid groups (broad SMARTS) is 1. The number of carbonyl (C=O) groups excluding carboxylic acids is 2. The van der Waals surface area contributed by atoms with Crippen LogP contribution in [0, 0.1) is 0 Å². The first-order chi connectivity index (χ1) is 11.9. The maximum atomic E-state index is 12.5. The summed E-state index contributed by atoms with van der Waals surface area (Å²) in [6.45, 7) is 0.345. The van der Waals surface area contributed by atoms with E-state index in [-0.39, 0.29) is 37.6 Å². The van der Waals surface area contributed by atoms with Gasteiger partial charge in [0.15, 0.2) is 11.4 Å². The van der Waals surface area contributed by atoms with Gasteiger partial charge in [0, 0.05) is 55.0 Å². The van der Waals surface area contributed by atoms with E-state index in [2.05, 4.69) is 4.98 Å². The van der Waals surface area contributed by atoms with E-state index in [0.717, 1.165) is 0 Å². The molecule has 7 heteroatoms. The normalized spacial score (nSPS) is 16.4. The Labute approximate surface area is 143 Å². The molecule has 1 aromatic carbocycles. The highest BCUT2D eigenvalue weighted by molar-refractivity contribution is 6.09. The van der Waals surface area contributed by atoms with Crippen molar-refractivity contribution in [1.82, 2.24) is 9.88 Å². The van der Waals surface area contributed by atoms with Gasteiger partial charge >= 0.3 is 5.97 Å². The average molecular weight is 342 g/mol. The summed E-state index contributed by atoms with van der Waals surface area (Å²) in [4.78, 5) is 40.1. The van der Waals surface area contributed by atoms with Crippen molar-refractivity contribution in [3.8, 4) is 0 Å². The maximum Gasteiger partial charge on any atom is 0.335 e. The lowest BCUT2D eigenvalue weighted by Gasteiger charge is -2.35. The Kier molecular flexibility index (Phi) is 4.41. The molecule has 1 amide bonds. The Bertz CT molecular complexity index is 787. The predicted molar refractivity (Wildman–Crippen MR) is 88.4 cm³/mol. The van der Waals surface area contributed by atoms with Crippen molar-refractivity contribution in [3.63, 3.8) is 0 Å². The van der Waals surface area contributed by atoms with Crippen LogP contribution in [-0.2, 0) is 4.79 Å². The van der Waals surface area contributed by atoms with E-state index in [1.807, 2.05) is 0 Å². The second-order valence-electron chi connectivity index (χ2n) is 6.14. The fraction of sp³-hybridized carbons (Fsp3) is 0.278. The van der Waals surface area contributed by atoms with Gasteiger partial charge < -0.3 is 20.1 Å². The third-order valence-corrected chi connectivity index (χ3v) is 4.53. The minimum atomic E-state index is -1.76. The third-order valence-electron chi connectivity index (χ3n) is 4.53. The fourth-order valence-electron chi connectivity index (χ4n) is 2.87. The van der Waals surface area contributed by atoms with Crippen LogP contribution in [0.1, 0.15) is 39.1 Å². The molecule has 0 saturated carbocycles. The fourth-order valence-corrected chi connectivity index (χ4v) is 2.87. The van der Waals surface area contributed by atoms with Gasteiger partial charge in [-0.3, -0.25) is 9.59 Å². The van der Waals surface area contributed by atoms with Crippen LogP contribution in [0.15, 0.2) is 42.7 Å². The summed E-state index contributed by atoms with van der Waals surface area (Å²) >= 11 is 0. The number of piperidine rings is 1. The Morgan fingerprint density at radius 2 is 1.56 bits per heavy atom. The molecule has 0 radical (unpaired) electrons. The zero-order chi connectivity index (χ0) is 18.0. The molecule has 25 heavy (non-hydrogen) atoms. The molecule has 0 unspecified atom stereocenters. The lowest BCUT2D eigenvalue weighted by molar-refractivity contribution is -0.162. The Hall–Kier alpha value is -2.93. The molecular formula is C18H18N2O5. The largest absolute Gasteiger partial charge is 0.479 e. The topological polar surface area (TPSA) is 111 Å². The molecule has 7 nitrogen and oxygen atoms in total. The SMILES string of the molecule is O=C(c1ccc(C(=O)N2CCC(O)(C(=O)O)CC2)cc1)c1cc[nH]c1. The summed E-state index contributed by atoms with van der Waals surface area (Å²) in [7, 11) is 0. The molecule has 1 aliphatic rings. The number of aliphatic carboxylic acids is 1. The van der Waals surface area contributed by atoms with Gasteiger partial charge in [0.05, 0.1) is 0 Å². The number of ketones is 1. The number of aromatic amines is 1. The number of H-pyrrole nitrogens is 1. The van der Waals surface area contributed by atoms with Crippen LogP contribution < -0.4 is 0 Å². The van der Waals surface area contributed by atoms with Crippen LogP contribution in [0.25, 0.3) is 0 Å². The highest BCUT2D eigenvalue weighted by atomic mass is 16.4. The first kappa shape index (κ1) is 16.9. The van der Waals surface area contributed by atoms with Crippen molar-refractivity contribution in [2.45, 2.75) is 18.4 Å². The molecule has 1 aliphatic heterocycles. The molecule has 0 atom stereocenters. The quantitative estimate of drug-likeness (QED) is 0.725. The summed E-state index contributed by atoms with van der Waals surface area (Å²) in [5, 5.41) is 18.9. The van der Waals surface area contributed by atoms with Gasteiger partial charge in [-0.25, -0.2) is 4.79 Å². The van der Waals surface area contributed by atoms with Crippen LogP contribution >= 0.6 is 0 Å². The van der Waals surface area contributed by atoms with E-state index >= 15 is 0 Å². The highest BCUT2D eigenvalue weighted by Gasteiger charge is 2.40. The van der Waals surface area contributed by atoms with Gasteiger partial charge in [0.25, 0.3) is 5.91 Å². The van der Waals surface area contributed by atoms with E-state index in [1.165, 1.54) is 4.90 Å². The molecule has 3 N–H and O–H groups in total. The van der Waals surface area contributed by atoms with Crippen molar-refractivity contribution in [2.24, 2.45) is 0 Å². The van der Waals surface area contributed by atoms with E-state index in [9.17, 15) is 19.5 Å². The number of hydrogen-bond donors (Lipinski definition) is 3. The lowest BCUT2D eigenvalue weighted by atomic mass is 9.91. The maximum absolute atomic E-state index is 12.5. The Balaban J connectivity index is 1.68. The molecule has 0 bridgehead atoms. The van der Waals surface area contributed by atoms with Crippen LogP contribution in [0.4, 0.5) is 0 Å². The molecule has 1 aromatic heterocycles. The number of nitrogens with zero attached hydrogens (tertiary/aromatic N) is 1. The molecule has 0 spiro atoms. The van der Waals surface area contributed by atoms with Crippen LogP contribution in [0.2, 0.25) is 0 Å². The van der Waals surface area contributed by atoms with Gasteiger partial charge in [0.1, 0.15) is 0 Å². The Morgan fingerprint density at radius 3 is 2.08 bits per heavy atom. The number of benzene rings is 1. The molecular weight excluding hydrogens is 324 g/mol. The third kappa shape index (κ3) is 3.32. The van der Waals surface area contributed by atoms with Crippen LogP contribution in [-0.4, -0.2) is 56.4 Å². The molecule has 130 valence electrons. The molecule has 2 aromatic rings. The summed E-state index contributed by atoms with van der Waals surface area (Å²) in [5.74, 6) is -1.63. The van der Waals surface area contributed by atoms with Crippen LogP contribution in [0.5, 0.6) is 0 Å². The van der Waals surface area contributed by atoms with E-state index in [4.69, 9.17) is 5.11 Å². The van der Waals surface area contributed by atoms with Gasteiger partial charge in [-0.15, -0.1) is 0 Å². The minimum absolute atomic E-state index is 0.00185. The summed E-state index contributed by atoms with van der Waals surface area (Å²) in [6, 6.07) is 8.04. The summed E-state index contributed by atoms with van der Waals surface area (Å²) in [6.07, 6.45) is 3.27. The number of rotatable bonds is 4. The first-order valence-corrected chi connectivity index (χ1v) is 7.93. The minimum Gasteiger partial charge on any atom is -0.479 e. The van der Waals surface area contributed by atoms with E-state index in [1.54, 1.807) is 42.7 Å². The zero-order valence-electron chi connectivity index (χ0n) is 13.4. The lowest BCUT2D eigenvalue weighted by Crippen LogP contribution is -2.50. The number of likely N-dealkylation sites (tertiary alicyclic amines) is 1. The number of carboxylic acids is 1. The zero-order valence-corrected chi connectivity index (χ0v) is 13.4. The van der Waals surface area contributed by atoms with Gasteiger partial charge in [-0.1, -0.05) is 12.1 Å².